The Kier molecular flexibility index (Phi) is 4.19. The van der Waals surface area contributed by atoms with Gasteiger partial charge in [0, 0.05) is 5.41 Å². The lowest BCUT2D eigenvalue weighted by Crippen LogP contribution is -2.40. The lowest BCUT2D eigenvalue weighted by molar-refractivity contribution is 0.0869. The second-order valence-electron chi connectivity index (χ2n) is 4.79. The van der Waals surface area contributed by atoms with Crippen molar-refractivity contribution in [2.75, 3.05) is 13.2 Å². The molecule has 4 N–H and O–H groups in total. The van der Waals surface area contributed by atoms with Crippen LogP contribution in [0.25, 0.3) is 0 Å². The third kappa shape index (κ3) is 3.50. The Morgan fingerprint density at radius 2 is 2.00 bits per heavy atom. The van der Waals surface area contributed by atoms with E-state index in [2.05, 4.69) is 20.5 Å². The molecule has 7 nitrogen and oxygen atoms in total. The number of nitrogens with one attached hydrogen (secondary N) is 2. The Labute approximate surface area is 99.3 Å². The van der Waals surface area contributed by atoms with E-state index < -0.39 is 11.9 Å². The Bertz CT molecular complexity index is 379. The van der Waals surface area contributed by atoms with E-state index in [4.69, 9.17) is 10.2 Å². The Balaban J connectivity index is 2.74. The fraction of sp³-hybridized carbons (Fsp3) is 0.700. The maximum atomic E-state index is 11.6. The van der Waals surface area contributed by atoms with E-state index in [1.165, 1.54) is 0 Å². The molecule has 0 atom stereocenters. The van der Waals surface area contributed by atoms with Crippen molar-refractivity contribution in [1.29, 1.82) is 0 Å². The van der Waals surface area contributed by atoms with Crippen LogP contribution in [0.5, 0.6) is 0 Å². The van der Waals surface area contributed by atoms with Crippen molar-refractivity contribution in [3.63, 3.8) is 0 Å². The SMILES string of the molecule is CC(C)(C)c1nc(C(=O)NC(CO)CO)n[nH]1. The number of hydrogen-bond acceptors (Lipinski definition) is 5. The summed E-state index contributed by atoms with van der Waals surface area (Å²) in [5.74, 6) is 0.0823. The first kappa shape index (κ1) is 13.6. The van der Waals surface area contributed by atoms with Crippen LogP contribution in [-0.2, 0) is 5.41 Å². The summed E-state index contributed by atoms with van der Waals surface area (Å²) < 4.78 is 0. The predicted octanol–water partition coefficient (Wildman–Crippen LogP) is -0.815. The molecule has 1 rings (SSSR count). The van der Waals surface area contributed by atoms with Gasteiger partial charge in [-0.25, -0.2) is 4.98 Å². The van der Waals surface area contributed by atoms with E-state index in [0.29, 0.717) is 5.82 Å². The number of nitrogens with zero attached hydrogens (tertiary/aromatic N) is 2. The topological polar surface area (TPSA) is 111 Å². The van der Waals surface area contributed by atoms with Gasteiger partial charge in [0.15, 0.2) is 0 Å². The van der Waals surface area contributed by atoms with Crippen LogP contribution in [-0.4, -0.2) is 50.6 Å². The van der Waals surface area contributed by atoms with E-state index in [-0.39, 0.29) is 24.5 Å². The average Bonchev–Trinajstić information content (AvgIpc) is 2.74. The minimum absolute atomic E-state index is 0.00169. The molecule has 0 spiro atoms. The second kappa shape index (κ2) is 5.24. The molecule has 0 unspecified atom stereocenters. The summed E-state index contributed by atoms with van der Waals surface area (Å²) in [5, 5.41) is 26.6. The van der Waals surface area contributed by atoms with Gasteiger partial charge in [0.2, 0.25) is 5.82 Å². The quantitative estimate of drug-likeness (QED) is 0.551. The van der Waals surface area contributed by atoms with E-state index in [9.17, 15) is 4.79 Å². The molecule has 1 aromatic heterocycles. The molecular weight excluding hydrogens is 224 g/mol. The van der Waals surface area contributed by atoms with E-state index in [1.807, 2.05) is 20.8 Å². The van der Waals surface area contributed by atoms with Crippen molar-refractivity contribution >= 4 is 5.91 Å². The number of aromatic nitrogens is 3. The van der Waals surface area contributed by atoms with Crippen LogP contribution in [0.2, 0.25) is 0 Å². The molecule has 0 aliphatic carbocycles. The molecular formula is C10H18N4O3. The monoisotopic (exact) mass is 242 g/mol. The maximum absolute atomic E-state index is 11.6. The fourth-order valence-electron chi connectivity index (χ4n) is 1.10. The number of aliphatic hydroxyl groups excluding tert-OH is 2. The van der Waals surface area contributed by atoms with Crippen LogP contribution in [0.1, 0.15) is 37.2 Å². The lowest BCUT2D eigenvalue weighted by Gasteiger charge is -2.13. The number of hydrogen-bond donors (Lipinski definition) is 4. The summed E-state index contributed by atoms with van der Waals surface area (Å²) in [6, 6.07) is -0.695. The molecule has 96 valence electrons. The predicted molar refractivity (Wildman–Crippen MR) is 60.5 cm³/mol. The molecule has 0 radical (unpaired) electrons. The Morgan fingerprint density at radius 1 is 1.41 bits per heavy atom. The molecule has 0 bridgehead atoms. The minimum Gasteiger partial charge on any atom is -0.394 e. The van der Waals surface area contributed by atoms with Crippen molar-refractivity contribution in [2.24, 2.45) is 0 Å². The number of H-pyrrole nitrogens is 1. The molecule has 0 aliphatic rings. The highest BCUT2D eigenvalue weighted by molar-refractivity contribution is 5.90. The van der Waals surface area contributed by atoms with Crippen molar-refractivity contribution in [3.05, 3.63) is 11.6 Å². The summed E-state index contributed by atoms with van der Waals surface area (Å²) in [5.41, 5.74) is -0.223. The van der Waals surface area contributed by atoms with Crippen molar-refractivity contribution in [2.45, 2.75) is 32.2 Å². The highest BCUT2D eigenvalue weighted by Gasteiger charge is 2.22. The van der Waals surface area contributed by atoms with Crippen LogP contribution in [0.4, 0.5) is 0 Å². The molecule has 1 aromatic rings. The molecule has 0 aliphatic heterocycles. The summed E-state index contributed by atoms with van der Waals surface area (Å²) in [7, 11) is 0. The number of aliphatic hydroxyl groups is 2. The zero-order valence-electron chi connectivity index (χ0n) is 10.2. The minimum atomic E-state index is -0.695. The van der Waals surface area contributed by atoms with Crippen molar-refractivity contribution < 1.29 is 15.0 Å². The van der Waals surface area contributed by atoms with Gasteiger partial charge < -0.3 is 15.5 Å². The largest absolute Gasteiger partial charge is 0.394 e. The van der Waals surface area contributed by atoms with Crippen molar-refractivity contribution in [3.8, 4) is 0 Å². The Morgan fingerprint density at radius 3 is 2.41 bits per heavy atom. The molecule has 0 saturated carbocycles. The normalized spacial score (nSPS) is 11.9. The molecule has 7 heteroatoms. The van der Waals surface area contributed by atoms with Crippen LogP contribution >= 0.6 is 0 Å². The number of aromatic amines is 1. The average molecular weight is 242 g/mol. The fourth-order valence-corrected chi connectivity index (χ4v) is 1.10. The maximum Gasteiger partial charge on any atom is 0.291 e. The molecule has 17 heavy (non-hydrogen) atoms. The first-order chi connectivity index (χ1) is 7.88. The molecule has 0 fully saturated rings. The first-order valence-corrected chi connectivity index (χ1v) is 5.34. The van der Waals surface area contributed by atoms with Gasteiger partial charge in [0.1, 0.15) is 5.82 Å². The number of amides is 1. The highest BCUT2D eigenvalue weighted by atomic mass is 16.3. The molecule has 1 amide bonds. The Hall–Kier alpha value is -1.47. The summed E-state index contributed by atoms with van der Waals surface area (Å²) in [6.07, 6.45) is 0. The summed E-state index contributed by atoms with van der Waals surface area (Å²) in [4.78, 5) is 15.7. The van der Waals surface area contributed by atoms with E-state index >= 15 is 0 Å². The summed E-state index contributed by atoms with van der Waals surface area (Å²) in [6.45, 7) is 5.16. The van der Waals surface area contributed by atoms with E-state index in [1.54, 1.807) is 0 Å². The smallest absolute Gasteiger partial charge is 0.291 e. The van der Waals surface area contributed by atoms with E-state index in [0.717, 1.165) is 0 Å². The summed E-state index contributed by atoms with van der Waals surface area (Å²) >= 11 is 0. The number of carbonyl (C=O) groups excluding carboxylic acids is 1. The van der Waals surface area contributed by atoms with Gasteiger partial charge in [-0.05, 0) is 0 Å². The molecule has 0 aromatic carbocycles. The molecule has 1 heterocycles. The standard InChI is InChI=1S/C10H18N4O3/c1-10(2,3)9-12-7(13-14-9)8(17)11-6(4-15)5-16/h6,15-16H,4-5H2,1-3H3,(H,11,17)(H,12,13,14). The first-order valence-electron chi connectivity index (χ1n) is 5.34. The third-order valence-electron chi connectivity index (χ3n) is 2.17. The van der Waals surface area contributed by atoms with Crippen LogP contribution in [0.3, 0.4) is 0 Å². The van der Waals surface area contributed by atoms with Crippen LogP contribution in [0, 0.1) is 0 Å². The van der Waals surface area contributed by atoms with Gasteiger partial charge in [0.25, 0.3) is 5.91 Å². The molecule has 0 saturated heterocycles. The third-order valence-corrected chi connectivity index (χ3v) is 2.17. The zero-order valence-corrected chi connectivity index (χ0v) is 10.2. The van der Waals surface area contributed by atoms with Gasteiger partial charge >= 0.3 is 0 Å². The highest BCUT2D eigenvalue weighted by Crippen LogP contribution is 2.17. The van der Waals surface area contributed by atoms with Gasteiger partial charge in [-0.3, -0.25) is 9.89 Å². The van der Waals surface area contributed by atoms with Gasteiger partial charge in [-0.2, -0.15) is 0 Å². The van der Waals surface area contributed by atoms with Gasteiger partial charge in [-0.15, -0.1) is 5.10 Å². The van der Waals surface area contributed by atoms with Crippen LogP contribution in [0.15, 0.2) is 0 Å². The van der Waals surface area contributed by atoms with Crippen molar-refractivity contribution in [1.82, 2.24) is 20.5 Å². The number of rotatable bonds is 4. The second-order valence-corrected chi connectivity index (χ2v) is 4.79. The van der Waals surface area contributed by atoms with Gasteiger partial charge in [-0.1, -0.05) is 20.8 Å². The van der Waals surface area contributed by atoms with Crippen LogP contribution < -0.4 is 5.32 Å². The number of carbonyl (C=O) groups is 1. The lowest BCUT2D eigenvalue weighted by atomic mass is 9.96. The van der Waals surface area contributed by atoms with Gasteiger partial charge in [0.05, 0.1) is 19.3 Å². The zero-order chi connectivity index (χ0) is 13.1.